The van der Waals surface area contributed by atoms with Crippen molar-refractivity contribution in [2.24, 2.45) is 0 Å². The lowest BCUT2D eigenvalue weighted by Crippen LogP contribution is -2.33. The summed E-state index contributed by atoms with van der Waals surface area (Å²) in [6.07, 6.45) is 9.26. The molecule has 2 aromatic rings. The van der Waals surface area contributed by atoms with Crippen LogP contribution in [0.4, 0.5) is 0 Å². The lowest BCUT2D eigenvalue weighted by atomic mass is 10.1. The third kappa shape index (κ3) is 4.69. The van der Waals surface area contributed by atoms with Crippen LogP contribution in [0.2, 0.25) is 0 Å². The number of amides is 1. The van der Waals surface area contributed by atoms with E-state index in [0.29, 0.717) is 13.0 Å². The number of benzene rings is 1. The first-order valence-corrected chi connectivity index (χ1v) is 10.0. The summed E-state index contributed by atoms with van der Waals surface area (Å²) >= 11 is 0. The van der Waals surface area contributed by atoms with Crippen LogP contribution in [0.3, 0.4) is 0 Å². The normalized spacial score (nSPS) is 20.6. The van der Waals surface area contributed by atoms with Crippen LogP contribution in [0.1, 0.15) is 32.1 Å². The molecular formula is C21H28N4O2. The van der Waals surface area contributed by atoms with Gasteiger partial charge in [0.1, 0.15) is 18.2 Å². The van der Waals surface area contributed by atoms with E-state index in [1.165, 1.54) is 32.4 Å². The standard InChI is InChI=1S/C21H28N4O2/c26-20-8-7-18(23-20)16-25-12-9-22-21(25)17-5-4-6-19(15-17)27-14-13-24-10-2-1-3-11-24/h4-6,9,12,15,18H,1-3,7-8,10-11,13-14,16H2,(H,23,26). The van der Waals surface area contributed by atoms with Gasteiger partial charge in [0.2, 0.25) is 5.91 Å². The molecule has 6 nitrogen and oxygen atoms in total. The van der Waals surface area contributed by atoms with Gasteiger partial charge in [-0.15, -0.1) is 0 Å². The molecule has 3 heterocycles. The van der Waals surface area contributed by atoms with Crippen LogP contribution in [-0.4, -0.2) is 52.6 Å². The predicted molar refractivity (Wildman–Crippen MR) is 105 cm³/mol. The van der Waals surface area contributed by atoms with Gasteiger partial charge >= 0.3 is 0 Å². The van der Waals surface area contributed by atoms with E-state index in [9.17, 15) is 4.79 Å². The van der Waals surface area contributed by atoms with Crippen LogP contribution in [0.5, 0.6) is 5.75 Å². The Labute approximate surface area is 160 Å². The molecule has 0 radical (unpaired) electrons. The summed E-state index contributed by atoms with van der Waals surface area (Å²) in [7, 11) is 0. The number of ether oxygens (including phenoxy) is 1. The maximum absolute atomic E-state index is 11.4. The highest BCUT2D eigenvalue weighted by Crippen LogP contribution is 2.24. The van der Waals surface area contributed by atoms with E-state index in [4.69, 9.17) is 4.74 Å². The van der Waals surface area contributed by atoms with Gasteiger partial charge in [0.05, 0.1) is 0 Å². The number of aromatic nitrogens is 2. The van der Waals surface area contributed by atoms with E-state index in [1.54, 1.807) is 0 Å². The van der Waals surface area contributed by atoms with Crippen molar-refractivity contribution in [1.29, 1.82) is 0 Å². The smallest absolute Gasteiger partial charge is 0.220 e. The molecule has 0 saturated carbocycles. The Morgan fingerprint density at radius 1 is 1.22 bits per heavy atom. The second kappa shape index (κ2) is 8.57. The summed E-state index contributed by atoms with van der Waals surface area (Å²) in [6.45, 7) is 4.84. The number of carbonyl (C=O) groups is 1. The van der Waals surface area contributed by atoms with Gasteiger partial charge in [-0.2, -0.15) is 0 Å². The highest BCUT2D eigenvalue weighted by atomic mass is 16.5. The van der Waals surface area contributed by atoms with Crippen LogP contribution in [0.25, 0.3) is 11.4 Å². The molecule has 27 heavy (non-hydrogen) atoms. The summed E-state index contributed by atoms with van der Waals surface area (Å²) < 4.78 is 8.11. The van der Waals surface area contributed by atoms with E-state index in [0.717, 1.165) is 36.6 Å². The fraction of sp³-hybridized carbons (Fsp3) is 0.524. The Morgan fingerprint density at radius 3 is 2.93 bits per heavy atom. The number of imidazole rings is 1. The second-order valence-electron chi connectivity index (χ2n) is 7.48. The third-order valence-corrected chi connectivity index (χ3v) is 5.43. The second-order valence-corrected chi connectivity index (χ2v) is 7.48. The van der Waals surface area contributed by atoms with Crippen LogP contribution < -0.4 is 10.1 Å². The maximum atomic E-state index is 11.4. The van der Waals surface area contributed by atoms with Crippen molar-refractivity contribution < 1.29 is 9.53 Å². The summed E-state index contributed by atoms with van der Waals surface area (Å²) in [5, 5.41) is 3.02. The lowest BCUT2D eigenvalue weighted by molar-refractivity contribution is -0.119. The molecule has 1 unspecified atom stereocenters. The van der Waals surface area contributed by atoms with Crippen molar-refractivity contribution in [2.75, 3.05) is 26.2 Å². The zero-order valence-electron chi connectivity index (χ0n) is 15.8. The number of likely N-dealkylation sites (tertiary alicyclic amines) is 1. The summed E-state index contributed by atoms with van der Waals surface area (Å²) in [5.41, 5.74) is 1.04. The van der Waals surface area contributed by atoms with Gasteiger partial charge in [-0.05, 0) is 44.5 Å². The first-order chi connectivity index (χ1) is 13.3. The molecule has 2 fully saturated rings. The Morgan fingerprint density at radius 2 is 2.11 bits per heavy atom. The largest absolute Gasteiger partial charge is 0.492 e. The van der Waals surface area contributed by atoms with Crippen LogP contribution in [0.15, 0.2) is 36.7 Å². The number of hydrogen-bond donors (Lipinski definition) is 1. The predicted octanol–water partition coefficient (Wildman–Crippen LogP) is 2.69. The van der Waals surface area contributed by atoms with Crippen LogP contribution >= 0.6 is 0 Å². The van der Waals surface area contributed by atoms with Crippen molar-refractivity contribution >= 4 is 5.91 Å². The minimum absolute atomic E-state index is 0.144. The topological polar surface area (TPSA) is 59.4 Å². The molecule has 1 N–H and O–H groups in total. The summed E-state index contributed by atoms with van der Waals surface area (Å²) in [4.78, 5) is 18.5. The fourth-order valence-corrected chi connectivity index (χ4v) is 3.97. The average Bonchev–Trinajstić information content (AvgIpc) is 3.32. The van der Waals surface area contributed by atoms with Crippen molar-refractivity contribution in [1.82, 2.24) is 19.8 Å². The highest BCUT2D eigenvalue weighted by Gasteiger charge is 2.22. The number of nitrogens with one attached hydrogen (secondary N) is 1. The van der Waals surface area contributed by atoms with Crippen LogP contribution in [0, 0.1) is 0 Å². The molecule has 1 amide bonds. The van der Waals surface area contributed by atoms with Gasteiger partial charge in [0.15, 0.2) is 0 Å². The Bertz CT molecular complexity index is 767. The van der Waals surface area contributed by atoms with Crippen LogP contribution in [-0.2, 0) is 11.3 Å². The monoisotopic (exact) mass is 368 g/mol. The molecule has 1 aromatic carbocycles. The fourth-order valence-electron chi connectivity index (χ4n) is 3.97. The van der Waals surface area contributed by atoms with E-state index in [-0.39, 0.29) is 11.9 Å². The first kappa shape index (κ1) is 18.0. The van der Waals surface area contributed by atoms with E-state index < -0.39 is 0 Å². The Kier molecular flexibility index (Phi) is 5.72. The zero-order chi connectivity index (χ0) is 18.5. The summed E-state index contributed by atoms with van der Waals surface area (Å²) in [6, 6.07) is 8.33. The van der Waals surface area contributed by atoms with E-state index in [2.05, 4.69) is 31.9 Å². The zero-order valence-corrected chi connectivity index (χ0v) is 15.8. The molecule has 1 aromatic heterocycles. The molecule has 0 aliphatic carbocycles. The maximum Gasteiger partial charge on any atom is 0.220 e. The van der Waals surface area contributed by atoms with Gasteiger partial charge < -0.3 is 14.6 Å². The molecule has 4 rings (SSSR count). The number of rotatable bonds is 7. The van der Waals surface area contributed by atoms with E-state index >= 15 is 0 Å². The average molecular weight is 368 g/mol. The van der Waals surface area contributed by atoms with Crippen molar-refractivity contribution in [2.45, 2.75) is 44.7 Å². The third-order valence-electron chi connectivity index (χ3n) is 5.43. The van der Waals surface area contributed by atoms with Gasteiger partial charge in [0.25, 0.3) is 0 Å². The molecule has 6 heteroatoms. The molecule has 2 aliphatic rings. The summed E-state index contributed by atoms with van der Waals surface area (Å²) in [5.74, 6) is 1.94. The Balaban J connectivity index is 1.37. The number of nitrogens with zero attached hydrogens (tertiary/aromatic N) is 3. The molecule has 2 aliphatic heterocycles. The molecule has 144 valence electrons. The first-order valence-electron chi connectivity index (χ1n) is 10.0. The van der Waals surface area contributed by atoms with Gasteiger partial charge in [-0.25, -0.2) is 4.98 Å². The molecular weight excluding hydrogens is 340 g/mol. The Hall–Kier alpha value is -2.34. The van der Waals surface area contributed by atoms with Gasteiger partial charge in [0, 0.05) is 43.5 Å². The SMILES string of the molecule is O=C1CCC(Cn2ccnc2-c2cccc(OCCN3CCCCC3)c2)N1. The van der Waals surface area contributed by atoms with Crippen molar-refractivity contribution in [3.63, 3.8) is 0 Å². The number of piperidine rings is 1. The lowest BCUT2D eigenvalue weighted by Gasteiger charge is -2.26. The minimum Gasteiger partial charge on any atom is -0.492 e. The van der Waals surface area contributed by atoms with Crippen molar-refractivity contribution in [3.05, 3.63) is 36.7 Å². The molecule has 0 spiro atoms. The van der Waals surface area contributed by atoms with Gasteiger partial charge in [-0.3, -0.25) is 9.69 Å². The van der Waals surface area contributed by atoms with E-state index in [1.807, 2.05) is 24.5 Å². The van der Waals surface area contributed by atoms with Gasteiger partial charge in [-0.1, -0.05) is 18.6 Å². The quantitative estimate of drug-likeness (QED) is 0.816. The number of carbonyl (C=O) groups excluding carboxylic acids is 1. The van der Waals surface area contributed by atoms with Crippen molar-refractivity contribution in [3.8, 4) is 17.1 Å². The highest BCUT2D eigenvalue weighted by molar-refractivity contribution is 5.78. The molecule has 0 bridgehead atoms. The minimum atomic E-state index is 0.144. The molecule has 2 saturated heterocycles. The number of hydrogen-bond acceptors (Lipinski definition) is 4. The molecule has 1 atom stereocenters.